The molecular formula is C14H26N6. The van der Waals surface area contributed by atoms with Crippen LogP contribution in [0.25, 0.3) is 0 Å². The highest BCUT2D eigenvalue weighted by atomic mass is 15.3. The van der Waals surface area contributed by atoms with Crippen molar-refractivity contribution in [3.8, 4) is 0 Å². The van der Waals surface area contributed by atoms with Crippen LogP contribution in [-0.2, 0) is 13.6 Å². The highest BCUT2D eigenvalue weighted by molar-refractivity contribution is 5.79. The van der Waals surface area contributed by atoms with Gasteiger partial charge in [-0.3, -0.25) is 9.67 Å². The molecule has 1 aromatic heterocycles. The Morgan fingerprint density at radius 1 is 1.35 bits per heavy atom. The van der Waals surface area contributed by atoms with Gasteiger partial charge in [-0.1, -0.05) is 19.8 Å². The summed E-state index contributed by atoms with van der Waals surface area (Å²) in [6.45, 7) is 3.99. The zero-order valence-corrected chi connectivity index (χ0v) is 12.8. The van der Waals surface area contributed by atoms with E-state index in [9.17, 15) is 0 Å². The van der Waals surface area contributed by atoms with Gasteiger partial charge in [0.15, 0.2) is 5.96 Å². The monoisotopic (exact) mass is 278 g/mol. The number of aliphatic imine (C=N–C) groups is 1. The summed E-state index contributed by atoms with van der Waals surface area (Å²) >= 11 is 0. The summed E-state index contributed by atoms with van der Waals surface area (Å²) in [5.74, 6) is 3.42. The van der Waals surface area contributed by atoms with Gasteiger partial charge in [0, 0.05) is 20.6 Å². The highest BCUT2D eigenvalue weighted by Crippen LogP contribution is 2.27. The van der Waals surface area contributed by atoms with Gasteiger partial charge in [0.2, 0.25) is 0 Å². The fourth-order valence-corrected chi connectivity index (χ4v) is 2.64. The highest BCUT2D eigenvalue weighted by Gasteiger charge is 2.18. The number of aryl methyl sites for hydroxylation is 1. The molecule has 1 saturated carbocycles. The summed E-state index contributed by atoms with van der Waals surface area (Å²) in [7, 11) is 3.69. The Morgan fingerprint density at radius 2 is 2.10 bits per heavy atom. The second kappa shape index (κ2) is 7.26. The molecule has 1 aromatic rings. The van der Waals surface area contributed by atoms with Crippen LogP contribution in [0.15, 0.2) is 11.3 Å². The second-order valence-corrected chi connectivity index (χ2v) is 5.73. The van der Waals surface area contributed by atoms with E-state index in [1.807, 2.05) is 7.05 Å². The van der Waals surface area contributed by atoms with Gasteiger partial charge < -0.3 is 10.6 Å². The maximum Gasteiger partial charge on any atom is 0.191 e. The molecule has 2 rings (SSSR count). The van der Waals surface area contributed by atoms with Crippen molar-refractivity contribution in [1.29, 1.82) is 0 Å². The Balaban J connectivity index is 1.71. The van der Waals surface area contributed by atoms with Crippen LogP contribution in [0, 0.1) is 11.8 Å². The average molecular weight is 278 g/mol. The lowest BCUT2D eigenvalue weighted by Crippen LogP contribution is -2.40. The van der Waals surface area contributed by atoms with Crippen LogP contribution in [0.3, 0.4) is 0 Å². The molecule has 1 aliphatic carbocycles. The summed E-state index contributed by atoms with van der Waals surface area (Å²) < 4.78 is 1.77. The van der Waals surface area contributed by atoms with Crippen molar-refractivity contribution in [3.05, 3.63) is 12.2 Å². The number of guanidine groups is 1. The first-order valence-corrected chi connectivity index (χ1v) is 7.46. The van der Waals surface area contributed by atoms with Crippen molar-refractivity contribution in [2.45, 2.75) is 39.2 Å². The van der Waals surface area contributed by atoms with Crippen molar-refractivity contribution < 1.29 is 0 Å². The molecule has 0 radical (unpaired) electrons. The molecule has 1 aliphatic rings. The largest absolute Gasteiger partial charge is 0.356 e. The molecule has 6 heteroatoms. The van der Waals surface area contributed by atoms with Gasteiger partial charge in [-0.05, 0) is 24.7 Å². The molecule has 20 heavy (non-hydrogen) atoms. The number of nitrogens with zero attached hydrogens (tertiary/aromatic N) is 4. The maximum absolute atomic E-state index is 4.25. The van der Waals surface area contributed by atoms with Gasteiger partial charge in [-0.2, -0.15) is 5.10 Å². The Labute approximate surface area is 121 Å². The van der Waals surface area contributed by atoms with Crippen molar-refractivity contribution >= 4 is 5.96 Å². The molecule has 6 nitrogen and oxygen atoms in total. The quantitative estimate of drug-likeness (QED) is 0.643. The average Bonchev–Trinajstić information content (AvgIpc) is 2.86. The third-order valence-electron chi connectivity index (χ3n) is 4.14. The Morgan fingerprint density at radius 3 is 2.70 bits per heavy atom. The van der Waals surface area contributed by atoms with Gasteiger partial charge in [-0.15, -0.1) is 0 Å². The number of aromatic nitrogens is 3. The first kappa shape index (κ1) is 14.8. The molecule has 0 aliphatic heterocycles. The van der Waals surface area contributed by atoms with E-state index >= 15 is 0 Å². The van der Waals surface area contributed by atoms with E-state index in [0.717, 1.165) is 30.2 Å². The molecule has 0 spiro atoms. The molecule has 1 fully saturated rings. The number of nitrogens with one attached hydrogen (secondary N) is 2. The van der Waals surface area contributed by atoms with Gasteiger partial charge in [-0.25, -0.2) is 4.98 Å². The lowest BCUT2D eigenvalue weighted by Gasteiger charge is -2.26. The van der Waals surface area contributed by atoms with Crippen LogP contribution in [0.4, 0.5) is 0 Å². The van der Waals surface area contributed by atoms with E-state index in [1.165, 1.54) is 25.7 Å². The maximum atomic E-state index is 4.25. The summed E-state index contributed by atoms with van der Waals surface area (Å²) in [5, 5.41) is 10.7. The number of hydrogen-bond donors (Lipinski definition) is 2. The van der Waals surface area contributed by atoms with Gasteiger partial charge >= 0.3 is 0 Å². The minimum absolute atomic E-state index is 0.637. The van der Waals surface area contributed by atoms with Crippen LogP contribution in [0.5, 0.6) is 0 Å². The number of hydrogen-bond acceptors (Lipinski definition) is 3. The van der Waals surface area contributed by atoms with Crippen LogP contribution in [0.1, 0.15) is 38.4 Å². The molecule has 0 aromatic carbocycles. The van der Waals surface area contributed by atoms with Gasteiger partial charge in [0.25, 0.3) is 0 Å². The smallest absolute Gasteiger partial charge is 0.191 e. The molecule has 0 saturated heterocycles. The lowest BCUT2D eigenvalue weighted by molar-refractivity contribution is 0.289. The minimum Gasteiger partial charge on any atom is -0.356 e. The molecule has 0 atom stereocenters. The molecular weight excluding hydrogens is 252 g/mol. The topological polar surface area (TPSA) is 67.1 Å². The van der Waals surface area contributed by atoms with Gasteiger partial charge in [0.05, 0.1) is 6.54 Å². The van der Waals surface area contributed by atoms with E-state index in [1.54, 1.807) is 18.1 Å². The third-order valence-corrected chi connectivity index (χ3v) is 4.14. The van der Waals surface area contributed by atoms with E-state index in [4.69, 9.17) is 0 Å². The lowest BCUT2D eigenvalue weighted by atomic mass is 9.83. The number of rotatable bonds is 4. The van der Waals surface area contributed by atoms with Crippen LogP contribution >= 0.6 is 0 Å². The normalized spacial score (nSPS) is 23.6. The predicted molar refractivity (Wildman–Crippen MR) is 80.3 cm³/mol. The minimum atomic E-state index is 0.637. The van der Waals surface area contributed by atoms with Crippen molar-refractivity contribution in [2.75, 3.05) is 13.6 Å². The van der Waals surface area contributed by atoms with E-state index in [2.05, 4.69) is 32.6 Å². The fourth-order valence-electron chi connectivity index (χ4n) is 2.64. The summed E-state index contributed by atoms with van der Waals surface area (Å²) in [6, 6.07) is 0. The zero-order valence-electron chi connectivity index (χ0n) is 12.8. The SMILES string of the molecule is CN=C(NCc1ncnn1C)NCC1CCC(C)CC1. The first-order valence-electron chi connectivity index (χ1n) is 7.46. The molecule has 112 valence electrons. The van der Waals surface area contributed by atoms with Crippen molar-refractivity contribution in [2.24, 2.45) is 23.9 Å². The van der Waals surface area contributed by atoms with E-state index < -0.39 is 0 Å². The molecule has 2 N–H and O–H groups in total. The Hall–Kier alpha value is -1.59. The molecule has 0 bridgehead atoms. The second-order valence-electron chi connectivity index (χ2n) is 5.73. The van der Waals surface area contributed by atoms with Crippen LogP contribution in [-0.4, -0.2) is 34.3 Å². The summed E-state index contributed by atoms with van der Waals surface area (Å²) in [4.78, 5) is 8.44. The molecule has 0 unspecified atom stereocenters. The zero-order chi connectivity index (χ0) is 14.4. The van der Waals surface area contributed by atoms with Crippen molar-refractivity contribution in [1.82, 2.24) is 25.4 Å². The molecule has 0 amide bonds. The van der Waals surface area contributed by atoms with Crippen LogP contribution in [0.2, 0.25) is 0 Å². The van der Waals surface area contributed by atoms with Gasteiger partial charge in [0.1, 0.15) is 12.2 Å². The Bertz CT molecular complexity index is 431. The van der Waals surface area contributed by atoms with E-state index in [0.29, 0.717) is 6.54 Å². The summed E-state index contributed by atoms with van der Waals surface area (Å²) in [5.41, 5.74) is 0. The predicted octanol–water partition coefficient (Wildman–Crippen LogP) is 1.31. The van der Waals surface area contributed by atoms with E-state index in [-0.39, 0.29) is 0 Å². The fraction of sp³-hybridized carbons (Fsp3) is 0.786. The van der Waals surface area contributed by atoms with Crippen molar-refractivity contribution in [3.63, 3.8) is 0 Å². The van der Waals surface area contributed by atoms with Crippen LogP contribution < -0.4 is 10.6 Å². The molecule has 1 heterocycles. The Kier molecular flexibility index (Phi) is 5.38. The standard InChI is InChI=1S/C14H26N6/c1-11-4-6-12(7-5-11)8-16-14(15-2)17-9-13-18-10-19-20(13)3/h10-12H,4-9H2,1-3H3,(H2,15,16,17). The third kappa shape index (κ3) is 4.21. The summed E-state index contributed by atoms with van der Waals surface area (Å²) in [6.07, 6.45) is 6.94. The first-order chi connectivity index (χ1) is 9.69.